The highest BCUT2D eigenvalue weighted by atomic mass is 127. The highest BCUT2D eigenvalue weighted by Gasteiger charge is 2.44. The lowest BCUT2D eigenvalue weighted by molar-refractivity contribution is -0.143. The van der Waals surface area contributed by atoms with Crippen molar-refractivity contribution >= 4 is 56.9 Å². The minimum atomic E-state index is -5.06. The maximum atomic E-state index is 14.0. The number of hydrogen-bond acceptors (Lipinski definition) is 6. The van der Waals surface area contributed by atoms with Gasteiger partial charge in [0, 0.05) is 35.1 Å². The number of Topliss-reactive ketones (excluding diaryl/α,β-unsaturated/α-hetero) is 1. The topological polar surface area (TPSA) is 110 Å². The first-order chi connectivity index (χ1) is 21.1. The van der Waals surface area contributed by atoms with Crippen LogP contribution in [-0.4, -0.2) is 52.1 Å². The average Bonchev–Trinajstić information content (AvgIpc) is 3.47. The Morgan fingerprint density at radius 2 is 1.71 bits per heavy atom. The van der Waals surface area contributed by atoms with E-state index in [9.17, 15) is 31.9 Å². The van der Waals surface area contributed by atoms with E-state index >= 15 is 0 Å². The van der Waals surface area contributed by atoms with Crippen LogP contribution in [0.4, 0.5) is 23.4 Å². The number of aromatic nitrogens is 4. The average molecular weight is 737 g/mol. The Morgan fingerprint density at radius 1 is 1.04 bits per heavy atom. The molecule has 0 spiro atoms. The number of carbonyl (C=O) groups is 3. The van der Waals surface area contributed by atoms with Gasteiger partial charge in [0.25, 0.3) is 0 Å². The third kappa shape index (κ3) is 6.29. The molecule has 1 aromatic carbocycles. The zero-order valence-corrected chi connectivity index (χ0v) is 27.1. The van der Waals surface area contributed by atoms with E-state index in [1.54, 1.807) is 30.1 Å². The van der Waals surface area contributed by atoms with Crippen molar-refractivity contribution in [3.63, 3.8) is 0 Å². The number of amides is 2. The molecular formula is C31H29F4IN6O3. The Kier molecular flexibility index (Phi) is 8.72. The van der Waals surface area contributed by atoms with Gasteiger partial charge in [-0.2, -0.15) is 13.2 Å². The second kappa shape index (κ2) is 12.1. The Bertz CT molecular complexity index is 1840. The first kappa shape index (κ1) is 32.4. The maximum absolute atomic E-state index is 14.0. The first-order valence-corrected chi connectivity index (χ1v) is 15.2. The van der Waals surface area contributed by atoms with Gasteiger partial charge in [0.1, 0.15) is 24.2 Å². The van der Waals surface area contributed by atoms with Gasteiger partial charge in [0.05, 0.1) is 9.57 Å². The minimum absolute atomic E-state index is 0.00594. The molecule has 0 unspecified atom stereocenters. The Morgan fingerprint density at radius 3 is 2.33 bits per heavy atom. The molecule has 1 N–H and O–H groups in total. The van der Waals surface area contributed by atoms with Gasteiger partial charge in [-0.1, -0.05) is 29.5 Å². The van der Waals surface area contributed by atoms with Gasteiger partial charge < -0.3 is 14.8 Å². The number of rotatable bonds is 6. The number of ketones is 1. The first-order valence-electron chi connectivity index (χ1n) is 14.0. The lowest BCUT2D eigenvalue weighted by atomic mass is 10.0. The lowest BCUT2D eigenvalue weighted by Gasteiger charge is -2.28. The molecule has 2 amide bonds. The highest BCUT2D eigenvalue weighted by Crippen LogP contribution is 2.37. The summed E-state index contributed by atoms with van der Waals surface area (Å²) in [5.41, 5.74) is 1.74. The van der Waals surface area contributed by atoms with E-state index in [1.165, 1.54) is 18.7 Å². The summed E-state index contributed by atoms with van der Waals surface area (Å²) >= 11 is 2.07. The van der Waals surface area contributed by atoms with Crippen LogP contribution in [0.3, 0.4) is 0 Å². The number of nitrogens with one attached hydrogen (secondary N) is 1. The number of anilines is 1. The van der Waals surface area contributed by atoms with Gasteiger partial charge in [-0.05, 0) is 74.9 Å². The third-order valence-corrected chi connectivity index (χ3v) is 9.72. The van der Waals surface area contributed by atoms with Crippen molar-refractivity contribution in [3.05, 3.63) is 70.8 Å². The van der Waals surface area contributed by atoms with Crippen LogP contribution in [0.1, 0.15) is 53.3 Å². The molecule has 1 fully saturated rings. The molecule has 1 aliphatic heterocycles. The number of fused-ring (bicyclic) bond motifs is 1. The summed E-state index contributed by atoms with van der Waals surface area (Å²) in [5, 5.41) is 3.04. The number of alkyl halides is 4. The molecule has 3 atom stereocenters. The summed E-state index contributed by atoms with van der Waals surface area (Å²) in [6.45, 7) is 8.10. The van der Waals surface area contributed by atoms with Crippen LogP contribution in [0.2, 0.25) is 0 Å². The number of hydrogen-bond donors (Lipinski definition) is 1. The zero-order chi connectivity index (χ0) is 33.0. The van der Waals surface area contributed by atoms with Gasteiger partial charge in [0.2, 0.25) is 11.8 Å². The summed E-state index contributed by atoms with van der Waals surface area (Å²) in [6, 6.07) is 3.43. The third-order valence-electron chi connectivity index (χ3n) is 7.90. The van der Waals surface area contributed by atoms with Crippen molar-refractivity contribution in [3.8, 4) is 11.1 Å². The number of likely N-dealkylation sites (tertiary alicyclic amines) is 1. The summed E-state index contributed by atoms with van der Waals surface area (Å²) < 4.78 is 55.1. The molecule has 1 aliphatic rings. The van der Waals surface area contributed by atoms with Crippen molar-refractivity contribution < 1.29 is 31.9 Å². The van der Waals surface area contributed by atoms with Gasteiger partial charge in [-0.3, -0.25) is 14.4 Å². The fourth-order valence-electron chi connectivity index (χ4n) is 5.67. The van der Waals surface area contributed by atoms with E-state index < -0.39 is 45.4 Å². The molecule has 3 aromatic heterocycles. The second-order valence-electron chi connectivity index (χ2n) is 11.3. The SMILES string of the molecule is CC(=O)c1cn(CC(=O)N2[C@H](I)[C@@H](C)C[C@H]2C(=O)Nc2nc(C(F)(F)F)c(F)cc2C)c2c(C)cc(-c3cnc(C)nc3)cc12. The number of carbonyl (C=O) groups excluding carboxylic acids is 3. The lowest BCUT2D eigenvalue weighted by Crippen LogP contribution is -2.46. The molecule has 9 nitrogen and oxygen atoms in total. The van der Waals surface area contributed by atoms with Gasteiger partial charge in [0.15, 0.2) is 17.3 Å². The van der Waals surface area contributed by atoms with E-state index in [4.69, 9.17) is 0 Å². The van der Waals surface area contributed by atoms with Crippen LogP contribution in [0.25, 0.3) is 22.0 Å². The fourth-order valence-corrected chi connectivity index (χ4v) is 6.66. The monoisotopic (exact) mass is 736 g/mol. The van der Waals surface area contributed by atoms with Gasteiger partial charge in [-0.25, -0.2) is 19.3 Å². The highest BCUT2D eigenvalue weighted by molar-refractivity contribution is 14.1. The van der Waals surface area contributed by atoms with Crippen LogP contribution in [0.15, 0.2) is 36.8 Å². The van der Waals surface area contributed by atoms with Crippen molar-refractivity contribution in [1.82, 2.24) is 24.4 Å². The molecule has 5 rings (SSSR count). The van der Waals surface area contributed by atoms with E-state index in [2.05, 4.69) is 42.9 Å². The molecule has 4 heterocycles. The molecule has 236 valence electrons. The smallest absolute Gasteiger partial charge is 0.337 e. The predicted molar refractivity (Wildman–Crippen MR) is 167 cm³/mol. The van der Waals surface area contributed by atoms with Crippen LogP contribution in [0.5, 0.6) is 0 Å². The molecule has 0 saturated carbocycles. The van der Waals surface area contributed by atoms with Crippen molar-refractivity contribution in [1.29, 1.82) is 0 Å². The van der Waals surface area contributed by atoms with Crippen LogP contribution < -0.4 is 5.32 Å². The largest absolute Gasteiger partial charge is 0.436 e. The van der Waals surface area contributed by atoms with Crippen LogP contribution in [0, 0.1) is 32.5 Å². The number of nitrogens with zero attached hydrogens (tertiary/aromatic N) is 5. The van der Waals surface area contributed by atoms with Gasteiger partial charge in [-0.15, -0.1) is 0 Å². The normalized spacial score (nSPS) is 18.4. The molecule has 4 aromatic rings. The van der Waals surface area contributed by atoms with Crippen LogP contribution >= 0.6 is 22.6 Å². The molecule has 0 bridgehead atoms. The van der Waals surface area contributed by atoms with Crippen molar-refractivity contribution in [2.75, 3.05) is 5.32 Å². The molecule has 0 aliphatic carbocycles. The number of benzene rings is 1. The zero-order valence-electron chi connectivity index (χ0n) is 25.0. The van der Waals surface area contributed by atoms with E-state index in [0.29, 0.717) is 28.4 Å². The Balaban J connectivity index is 1.46. The van der Waals surface area contributed by atoms with E-state index in [-0.39, 0.29) is 30.2 Å². The van der Waals surface area contributed by atoms with Crippen molar-refractivity contribution in [2.24, 2.45) is 5.92 Å². The number of aryl methyl sites for hydroxylation is 3. The summed E-state index contributed by atoms with van der Waals surface area (Å²) in [7, 11) is 0. The maximum Gasteiger partial charge on any atom is 0.436 e. The number of pyridine rings is 1. The minimum Gasteiger partial charge on any atom is -0.337 e. The molecule has 14 heteroatoms. The van der Waals surface area contributed by atoms with Crippen molar-refractivity contribution in [2.45, 2.75) is 63.9 Å². The quantitative estimate of drug-likeness (QED) is 0.0806. The van der Waals surface area contributed by atoms with Gasteiger partial charge >= 0.3 is 6.18 Å². The predicted octanol–water partition coefficient (Wildman–Crippen LogP) is 6.42. The second-order valence-corrected chi connectivity index (χ2v) is 12.6. The standard InChI is InChI=1S/C31H29F4IN6O3/c1-14-6-19(20-10-37-18(5)38-11-20)9-21-22(17(4)43)12-41(26(14)21)13-25(44)42-24(8-15(2)28(42)36)30(45)40-29-16(3)7-23(32)27(39-29)31(33,34)35/h6-7,9-12,15,24,28H,8,13H2,1-5H3,(H,39,40,45)/t15-,24-,28-/m0/s1. The molecular weight excluding hydrogens is 707 g/mol. The Labute approximate surface area is 269 Å². The molecule has 45 heavy (non-hydrogen) atoms. The summed E-state index contributed by atoms with van der Waals surface area (Å²) in [4.78, 5) is 53.3. The Hall–Kier alpha value is -3.95. The summed E-state index contributed by atoms with van der Waals surface area (Å²) in [6.07, 6.45) is 0.214. The molecule has 0 radical (unpaired) electrons. The molecule has 1 saturated heterocycles. The van der Waals surface area contributed by atoms with Crippen LogP contribution in [-0.2, 0) is 22.3 Å². The number of halogens is 5. The van der Waals surface area contributed by atoms with E-state index in [1.807, 2.05) is 26.0 Å². The van der Waals surface area contributed by atoms with E-state index in [0.717, 1.165) is 16.7 Å². The summed E-state index contributed by atoms with van der Waals surface area (Å²) in [5.74, 6) is -2.81. The fraction of sp³-hybridized carbons (Fsp3) is 0.355.